The van der Waals surface area contributed by atoms with Gasteiger partial charge in [0.1, 0.15) is 11.8 Å². The number of pyridine rings is 1. The standard InChI is InChI=1S/C7H4N4/c8-2-6-1-5-3-10-11-7(5)4-9-6/h1,3-4H,(H,10,11). The van der Waals surface area contributed by atoms with Gasteiger partial charge in [-0.3, -0.25) is 5.10 Å². The van der Waals surface area contributed by atoms with Crippen molar-refractivity contribution in [2.24, 2.45) is 0 Å². The third kappa shape index (κ3) is 0.829. The smallest absolute Gasteiger partial charge is 0.141 e. The van der Waals surface area contributed by atoms with E-state index in [0.717, 1.165) is 10.9 Å². The molecule has 52 valence electrons. The Morgan fingerprint density at radius 1 is 1.45 bits per heavy atom. The monoisotopic (exact) mass is 144 g/mol. The molecule has 2 rings (SSSR count). The van der Waals surface area contributed by atoms with Crippen molar-refractivity contribution in [1.82, 2.24) is 15.2 Å². The molecule has 1 N–H and O–H groups in total. The number of hydrogen-bond acceptors (Lipinski definition) is 3. The Balaban J connectivity index is 2.79. The maximum absolute atomic E-state index is 8.49. The van der Waals surface area contributed by atoms with Crippen molar-refractivity contribution in [1.29, 1.82) is 5.26 Å². The number of aromatic amines is 1. The van der Waals surface area contributed by atoms with Crippen molar-refractivity contribution < 1.29 is 0 Å². The van der Waals surface area contributed by atoms with Crippen LogP contribution in [0.5, 0.6) is 0 Å². The zero-order chi connectivity index (χ0) is 7.68. The van der Waals surface area contributed by atoms with Crippen LogP contribution >= 0.6 is 0 Å². The first-order valence-electron chi connectivity index (χ1n) is 3.09. The van der Waals surface area contributed by atoms with E-state index in [1.54, 1.807) is 18.5 Å². The fourth-order valence-electron chi connectivity index (χ4n) is 0.904. The predicted octanol–water partition coefficient (Wildman–Crippen LogP) is 0.830. The third-order valence-electron chi connectivity index (χ3n) is 1.44. The number of H-pyrrole nitrogens is 1. The van der Waals surface area contributed by atoms with E-state index < -0.39 is 0 Å². The van der Waals surface area contributed by atoms with Gasteiger partial charge in [0, 0.05) is 5.39 Å². The Morgan fingerprint density at radius 2 is 2.36 bits per heavy atom. The van der Waals surface area contributed by atoms with Crippen LogP contribution in [0.4, 0.5) is 0 Å². The van der Waals surface area contributed by atoms with Gasteiger partial charge in [0.05, 0.1) is 17.9 Å². The Kier molecular flexibility index (Phi) is 1.10. The van der Waals surface area contributed by atoms with Crippen LogP contribution in [-0.2, 0) is 0 Å². The quantitative estimate of drug-likeness (QED) is 0.595. The highest BCUT2D eigenvalue weighted by atomic mass is 15.1. The number of rotatable bonds is 0. The zero-order valence-corrected chi connectivity index (χ0v) is 5.57. The van der Waals surface area contributed by atoms with E-state index in [-0.39, 0.29) is 0 Å². The topological polar surface area (TPSA) is 65.4 Å². The summed E-state index contributed by atoms with van der Waals surface area (Å²) in [5.74, 6) is 0. The van der Waals surface area contributed by atoms with E-state index in [1.165, 1.54) is 0 Å². The number of fused-ring (bicyclic) bond motifs is 1. The Morgan fingerprint density at radius 3 is 3.18 bits per heavy atom. The highest BCUT2D eigenvalue weighted by Crippen LogP contribution is 2.08. The van der Waals surface area contributed by atoms with Gasteiger partial charge in [0.2, 0.25) is 0 Å². The van der Waals surface area contributed by atoms with E-state index in [1.807, 2.05) is 6.07 Å². The number of nitriles is 1. The molecule has 4 heteroatoms. The molecule has 0 fully saturated rings. The maximum Gasteiger partial charge on any atom is 0.141 e. The van der Waals surface area contributed by atoms with Crippen molar-refractivity contribution in [2.45, 2.75) is 0 Å². The predicted molar refractivity (Wildman–Crippen MR) is 38.6 cm³/mol. The van der Waals surface area contributed by atoms with Gasteiger partial charge in [-0.25, -0.2) is 4.98 Å². The number of nitrogens with zero attached hydrogens (tertiary/aromatic N) is 3. The van der Waals surface area contributed by atoms with E-state index in [9.17, 15) is 0 Å². The SMILES string of the molecule is N#Cc1cc2cn[nH]c2cn1. The second-order valence-corrected chi connectivity index (χ2v) is 2.14. The molecule has 2 aromatic heterocycles. The second kappa shape index (κ2) is 2.06. The molecule has 0 atom stereocenters. The molecular weight excluding hydrogens is 140 g/mol. The second-order valence-electron chi connectivity index (χ2n) is 2.14. The van der Waals surface area contributed by atoms with Crippen molar-refractivity contribution in [3.05, 3.63) is 24.2 Å². The lowest BCUT2D eigenvalue weighted by Crippen LogP contribution is -1.79. The van der Waals surface area contributed by atoms with Crippen LogP contribution in [0, 0.1) is 11.3 Å². The molecule has 4 nitrogen and oxygen atoms in total. The van der Waals surface area contributed by atoms with Gasteiger partial charge < -0.3 is 0 Å². The minimum Gasteiger partial charge on any atom is -0.276 e. The third-order valence-corrected chi connectivity index (χ3v) is 1.44. The molecule has 0 spiro atoms. The molecule has 2 heterocycles. The summed E-state index contributed by atoms with van der Waals surface area (Å²) >= 11 is 0. The largest absolute Gasteiger partial charge is 0.276 e. The summed E-state index contributed by atoms with van der Waals surface area (Å²) in [5.41, 5.74) is 1.27. The first-order chi connectivity index (χ1) is 5.40. The van der Waals surface area contributed by atoms with Crippen LogP contribution in [0.3, 0.4) is 0 Å². The van der Waals surface area contributed by atoms with Crippen LogP contribution in [0.2, 0.25) is 0 Å². The lowest BCUT2D eigenvalue weighted by atomic mass is 10.3. The highest BCUT2D eigenvalue weighted by molar-refractivity contribution is 5.77. The molecule has 0 aliphatic rings. The number of hydrogen-bond donors (Lipinski definition) is 1. The fourth-order valence-corrected chi connectivity index (χ4v) is 0.904. The molecule has 2 aromatic rings. The van der Waals surface area contributed by atoms with Gasteiger partial charge in [-0.1, -0.05) is 0 Å². The van der Waals surface area contributed by atoms with Crippen LogP contribution < -0.4 is 0 Å². The normalized spacial score (nSPS) is 9.73. The van der Waals surface area contributed by atoms with E-state index in [2.05, 4.69) is 15.2 Å². The number of nitrogens with one attached hydrogen (secondary N) is 1. The van der Waals surface area contributed by atoms with Gasteiger partial charge in [-0.15, -0.1) is 0 Å². The zero-order valence-electron chi connectivity index (χ0n) is 5.57. The van der Waals surface area contributed by atoms with Crippen LogP contribution in [0.25, 0.3) is 10.9 Å². The first-order valence-corrected chi connectivity index (χ1v) is 3.09. The molecule has 0 aromatic carbocycles. The molecule has 0 bridgehead atoms. The van der Waals surface area contributed by atoms with Crippen molar-refractivity contribution in [3.8, 4) is 6.07 Å². The average Bonchev–Trinajstić information content (AvgIpc) is 2.50. The van der Waals surface area contributed by atoms with Crippen LogP contribution in [0.15, 0.2) is 18.5 Å². The summed E-state index contributed by atoms with van der Waals surface area (Å²) in [6.45, 7) is 0. The molecule has 0 aliphatic heterocycles. The van der Waals surface area contributed by atoms with Gasteiger partial charge in [-0.2, -0.15) is 10.4 Å². The van der Waals surface area contributed by atoms with Crippen molar-refractivity contribution in [3.63, 3.8) is 0 Å². The summed E-state index contributed by atoms with van der Waals surface area (Å²) in [5, 5.41) is 16.0. The Labute approximate surface area is 62.5 Å². The van der Waals surface area contributed by atoms with Crippen molar-refractivity contribution >= 4 is 10.9 Å². The molecule has 0 aliphatic carbocycles. The summed E-state index contributed by atoms with van der Waals surface area (Å²) in [4.78, 5) is 3.87. The lowest BCUT2D eigenvalue weighted by molar-refractivity contribution is 1.11. The average molecular weight is 144 g/mol. The minimum atomic E-state index is 0.416. The van der Waals surface area contributed by atoms with Gasteiger partial charge >= 0.3 is 0 Å². The molecular formula is C7H4N4. The van der Waals surface area contributed by atoms with E-state index >= 15 is 0 Å². The molecule has 0 saturated heterocycles. The highest BCUT2D eigenvalue weighted by Gasteiger charge is 1.96. The summed E-state index contributed by atoms with van der Waals surface area (Å²) in [7, 11) is 0. The molecule has 0 saturated carbocycles. The van der Waals surface area contributed by atoms with E-state index in [0.29, 0.717) is 5.69 Å². The summed E-state index contributed by atoms with van der Waals surface area (Å²) < 4.78 is 0. The van der Waals surface area contributed by atoms with Gasteiger partial charge in [-0.05, 0) is 6.07 Å². The van der Waals surface area contributed by atoms with Crippen LogP contribution in [-0.4, -0.2) is 15.2 Å². The summed E-state index contributed by atoms with van der Waals surface area (Å²) in [6, 6.07) is 3.65. The van der Waals surface area contributed by atoms with Crippen LogP contribution in [0.1, 0.15) is 5.69 Å². The molecule has 0 unspecified atom stereocenters. The molecule has 0 amide bonds. The lowest BCUT2D eigenvalue weighted by Gasteiger charge is -1.86. The Hall–Kier alpha value is -1.89. The van der Waals surface area contributed by atoms with Crippen molar-refractivity contribution in [2.75, 3.05) is 0 Å². The fraction of sp³-hybridized carbons (Fsp3) is 0. The Bertz CT molecular complexity index is 423. The number of aromatic nitrogens is 3. The minimum absolute atomic E-state index is 0.416. The molecule has 0 radical (unpaired) electrons. The molecule has 11 heavy (non-hydrogen) atoms. The van der Waals surface area contributed by atoms with Gasteiger partial charge in [0.25, 0.3) is 0 Å². The summed E-state index contributed by atoms with van der Waals surface area (Å²) in [6.07, 6.45) is 3.26. The van der Waals surface area contributed by atoms with Gasteiger partial charge in [0.15, 0.2) is 0 Å². The van der Waals surface area contributed by atoms with E-state index in [4.69, 9.17) is 5.26 Å². The first kappa shape index (κ1) is 5.86. The maximum atomic E-state index is 8.49.